The summed E-state index contributed by atoms with van der Waals surface area (Å²) in [6.07, 6.45) is 0.317. The quantitative estimate of drug-likeness (QED) is 0.653. The summed E-state index contributed by atoms with van der Waals surface area (Å²) >= 11 is 5.72. The van der Waals surface area contributed by atoms with E-state index < -0.39 is 23.9 Å². The van der Waals surface area contributed by atoms with Gasteiger partial charge in [-0.1, -0.05) is 11.6 Å². The normalized spacial score (nSPS) is 11.2. The van der Waals surface area contributed by atoms with Crippen molar-refractivity contribution in [3.63, 3.8) is 0 Å². The third-order valence-electron chi connectivity index (χ3n) is 3.48. The van der Waals surface area contributed by atoms with Gasteiger partial charge in [-0.15, -0.1) is 0 Å². The van der Waals surface area contributed by atoms with Gasteiger partial charge >= 0.3 is 5.97 Å². The van der Waals surface area contributed by atoms with E-state index in [0.717, 1.165) is 0 Å². The summed E-state index contributed by atoms with van der Waals surface area (Å²) in [5, 5.41) is 5.36. The number of pyridine rings is 1. The molecule has 2 aromatic rings. The molecule has 0 saturated carbocycles. The maximum absolute atomic E-state index is 12.0. The third-order valence-corrected chi connectivity index (χ3v) is 3.70. The number of benzene rings is 1. The van der Waals surface area contributed by atoms with E-state index in [1.807, 2.05) is 6.92 Å². The van der Waals surface area contributed by atoms with Crippen LogP contribution in [0.4, 0.5) is 5.82 Å². The molecule has 1 aromatic carbocycles. The number of aromatic nitrogens is 1. The molecule has 2 rings (SSSR count). The minimum atomic E-state index is -1.06. The van der Waals surface area contributed by atoms with Gasteiger partial charge in [0.15, 0.2) is 6.10 Å². The highest BCUT2D eigenvalue weighted by molar-refractivity contribution is 6.30. The highest BCUT2D eigenvalue weighted by Crippen LogP contribution is 2.12. The van der Waals surface area contributed by atoms with Gasteiger partial charge < -0.3 is 20.1 Å². The molecule has 0 saturated heterocycles. The first kappa shape index (κ1) is 21.2. The molecule has 0 fully saturated rings. The summed E-state index contributed by atoms with van der Waals surface area (Å²) in [6.45, 7) is 3.43. The lowest BCUT2D eigenvalue weighted by Crippen LogP contribution is -2.35. The van der Waals surface area contributed by atoms with E-state index in [9.17, 15) is 14.4 Å². The van der Waals surface area contributed by atoms with Crippen molar-refractivity contribution >= 4 is 35.2 Å². The number of nitrogens with one attached hydrogen (secondary N) is 2. The number of esters is 1. The van der Waals surface area contributed by atoms with E-state index in [2.05, 4.69) is 15.6 Å². The fourth-order valence-corrected chi connectivity index (χ4v) is 2.21. The third kappa shape index (κ3) is 6.55. The van der Waals surface area contributed by atoms with E-state index in [1.54, 1.807) is 30.3 Å². The van der Waals surface area contributed by atoms with Crippen LogP contribution in [0.1, 0.15) is 24.2 Å². The average molecular weight is 406 g/mol. The fraction of sp³-hybridized carbons (Fsp3) is 0.263. The summed E-state index contributed by atoms with van der Waals surface area (Å²) in [7, 11) is 0. The van der Waals surface area contributed by atoms with Crippen molar-refractivity contribution in [2.75, 3.05) is 18.5 Å². The number of amides is 2. The molecule has 0 unspecified atom stereocenters. The molecule has 0 aliphatic rings. The Bertz CT molecular complexity index is 824. The Labute approximate surface area is 167 Å². The molecule has 28 heavy (non-hydrogen) atoms. The Kier molecular flexibility index (Phi) is 7.76. The first-order valence-corrected chi connectivity index (χ1v) is 8.89. The number of hydrogen-bond donors (Lipinski definition) is 2. The SMILES string of the molecule is CCOc1ccc(C(=O)NCC(=O)O[C@H](C)C(=O)Nc2ccc(Cl)cn2)cc1. The van der Waals surface area contributed by atoms with Crippen LogP contribution >= 0.6 is 11.6 Å². The van der Waals surface area contributed by atoms with Crippen molar-refractivity contribution in [1.29, 1.82) is 0 Å². The first-order valence-electron chi connectivity index (χ1n) is 8.52. The summed E-state index contributed by atoms with van der Waals surface area (Å²) < 4.78 is 10.3. The molecular weight excluding hydrogens is 386 g/mol. The maximum Gasteiger partial charge on any atom is 0.326 e. The highest BCUT2D eigenvalue weighted by atomic mass is 35.5. The largest absolute Gasteiger partial charge is 0.494 e. The standard InChI is InChI=1S/C19H20ClN3O5/c1-3-27-15-7-4-13(5-8-15)19(26)22-11-17(24)28-12(2)18(25)23-16-9-6-14(20)10-21-16/h4-10,12H,3,11H2,1-2H3,(H,22,26)(H,21,23,25)/t12-/m1/s1. The number of hydrogen-bond acceptors (Lipinski definition) is 6. The van der Waals surface area contributed by atoms with Crippen LogP contribution in [0.3, 0.4) is 0 Å². The van der Waals surface area contributed by atoms with Crippen molar-refractivity contribution in [3.8, 4) is 5.75 Å². The molecule has 2 amide bonds. The topological polar surface area (TPSA) is 107 Å². The van der Waals surface area contributed by atoms with Crippen LogP contribution < -0.4 is 15.4 Å². The van der Waals surface area contributed by atoms with Crippen LogP contribution in [0.5, 0.6) is 5.75 Å². The Morgan fingerprint density at radius 1 is 1.14 bits per heavy atom. The lowest BCUT2D eigenvalue weighted by atomic mass is 10.2. The van der Waals surface area contributed by atoms with Gasteiger partial charge in [-0.25, -0.2) is 4.98 Å². The summed E-state index contributed by atoms with van der Waals surface area (Å²) in [5.74, 6) is -0.816. The monoisotopic (exact) mass is 405 g/mol. The van der Waals surface area contributed by atoms with Crippen LogP contribution in [-0.2, 0) is 14.3 Å². The molecule has 8 nitrogen and oxygen atoms in total. The van der Waals surface area contributed by atoms with E-state index in [0.29, 0.717) is 22.9 Å². The number of anilines is 1. The highest BCUT2D eigenvalue weighted by Gasteiger charge is 2.19. The molecule has 0 spiro atoms. The molecule has 0 aliphatic carbocycles. The number of halogens is 1. The molecule has 1 atom stereocenters. The predicted molar refractivity (Wildman–Crippen MR) is 103 cm³/mol. The number of ether oxygens (including phenoxy) is 2. The van der Waals surface area contributed by atoms with Crippen molar-refractivity contribution in [1.82, 2.24) is 10.3 Å². The van der Waals surface area contributed by atoms with Crippen LogP contribution in [0.25, 0.3) is 0 Å². The van der Waals surface area contributed by atoms with Gasteiger partial charge in [0, 0.05) is 11.8 Å². The summed E-state index contributed by atoms with van der Waals surface area (Å²) in [5.41, 5.74) is 0.371. The zero-order valence-electron chi connectivity index (χ0n) is 15.4. The van der Waals surface area contributed by atoms with Gasteiger partial charge in [0.2, 0.25) is 0 Å². The molecule has 2 N–H and O–H groups in total. The van der Waals surface area contributed by atoms with E-state index in [-0.39, 0.29) is 12.4 Å². The van der Waals surface area contributed by atoms with Crippen molar-refractivity contribution in [3.05, 3.63) is 53.2 Å². The molecule has 1 heterocycles. The molecule has 0 radical (unpaired) electrons. The minimum absolute atomic E-state index is 0.279. The van der Waals surface area contributed by atoms with Gasteiger partial charge in [-0.3, -0.25) is 14.4 Å². The Hall–Kier alpha value is -3.13. The lowest BCUT2D eigenvalue weighted by Gasteiger charge is -2.13. The number of carbonyl (C=O) groups excluding carboxylic acids is 3. The van der Waals surface area contributed by atoms with Gasteiger partial charge in [0.1, 0.15) is 18.1 Å². The second-order valence-electron chi connectivity index (χ2n) is 5.62. The van der Waals surface area contributed by atoms with E-state index in [1.165, 1.54) is 19.2 Å². The fourth-order valence-electron chi connectivity index (χ4n) is 2.09. The summed E-state index contributed by atoms with van der Waals surface area (Å²) in [4.78, 5) is 39.8. The number of carbonyl (C=O) groups is 3. The second kappa shape index (κ2) is 10.3. The molecule has 1 aromatic heterocycles. The molecule has 0 bridgehead atoms. The van der Waals surface area contributed by atoms with E-state index in [4.69, 9.17) is 21.1 Å². The van der Waals surface area contributed by atoms with Crippen molar-refractivity contribution in [2.24, 2.45) is 0 Å². The Morgan fingerprint density at radius 2 is 1.86 bits per heavy atom. The number of nitrogens with zero attached hydrogens (tertiary/aromatic N) is 1. The minimum Gasteiger partial charge on any atom is -0.494 e. The van der Waals surface area contributed by atoms with Crippen molar-refractivity contribution in [2.45, 2.75) is 20.0 Å². The molecule has 0 aliphatic heterocycles. The van der Waals surface area contributed by atoms with E-state index >= 15 is 0 Å². The Balaban J connectivity index is 1.78. The predicted octanol–water partition coefficient (Wildman–Crippen LogP) is 2.43. The van der Waals surface area contributed by atoms with Gasteiger partial charge in [-0.2, -0.15) is 0 Å². The zero-order valence-corrected chi connectivity index (χ0v) is 16.2. The number of rotatable bonds is 8. The van der Waals surface area contributed by atoms with Crippen LogP contribution in [0.15, 0.2) is 42.6 Å². The molecule has 148 valence electrons. The van der Waals surface area contributed by atoms with Crippen LogP contribution in [0, 0.1) is 0 Å². The van der Waals surface area contributed by atoms with Gasteiger partial charge in [0.05, 0.1) is 11.6 Å². The summed E-state index contributed by atoms with van der Waals surface area (Å²) in [6, 6.07) is 9.58. The van der Waals surface area contributed by atoms with Crippen molar-refractivity contribution < 1.29 is 23.9 Å². The zero-order chi connectivity index (χ0) is 20.5. The smallest absolute Gasteiger partial charge is 0.326 e. The van der Waals surface area contributed by atoms with Gasteiger partial charge in [0.25, 0.3) is 11.8 Å². The molecular formula is C19H20ClN3O5. The average Bonchev–Trinajstić information content (AvgIpc) is 2.68. The van der Waals surface area contributed by atoms with Crippen LogP contribution in [-0.4, -0.2) is 42.0 Å². The first-order chi connectivity index (χ1) is 13.4. The lowest BCUT2D eigenvalue weighted by molar-refractivity contribution is -0.152. The molecule has 9 heteroatoms. The van der Waals surface area contributed by atoms with Crippen LogP contribution in [0.2, 0.25) is 5.02 Å². The second-order valence-corrected chi connectivity index (χ2v) is 6.06. The maximum atomic E-state index is 12.0. The Morgan fingerprint density at radius 3 is 2.46 bits per heavy atom. The van der Waals surface area contributed by atoms with Gasteiger partial charge in [-0.05, 0) is 50.2 Å².